The van der Waals surface area contributed by atoms with Crippen molar-refractivity contribution in [1.29, 1.82) is 0 Å². The van der Waals surface area contributed by atoms with Crippen LogP contribution in [-0.4, -0.2) is 83.4 Å². The largest absolute Gasteiger partial charge is 0.480 e. The zero-order valence-electron chi connectivity index (χ0n) is 24.4. The first-order valence-corrected chi connectivity index (χ1v) is 13.4. The first kappa shape index (κ1) is 31.3. The van der Waals surface area contributed by atoms with Crippen molar-refractivity contribution in [1.82, 2.24) is 20.4 Å². The summed E-state index contributed by atoms with van der Waals surface area (Å²) >= 11 is 0. The van der Waals surface area contributed by atoms with Crippen LogP contribution in [0.1, 0.15) is 66.9 Å². The number of hydrogen-bond acceptors (Lipinski definition) is 5. The predicted molar refractivity (Wildman–Crippen MR) is 147 cm³/mol. The second kappa shape index (κ2) is 12.3. The van der Waals surface area contributed by atoms with Crippen LogP contribution in [0.2, 0.25) is 0 Å². The molecule has 38 heavy (non-hydrogen) atoms. The molecule has 1 heterocycles. The Hall–Kier alpha value is -2.94. The predicted octanol–water partition coefficient (Wildman–Crippen LogP) is 2.64. The van der Waals surface area contributed by atoms with Crippen molar-refractivity contribution < 1.29 is 24.3 Å². The average molecular weight is 531 g/mol. The number of nitrogens with one attached hydrogen (secondary N) is 2. The Morgan fingerprint density at radius 2 is 1.61 bits per heavy atom. The third-order valence-electron chi connectivity index (χ3n) is 7.66. The van der Waals surface area contributed by atoms with Crippen molar-refractivity contribution in [3.8, 4) is 0 Å². The maximum absolute atomic E-state index is 13.9. The Morgan fingerprint density at radius 1 is 1.03 bits per heavy atom. The van der Waals surface area contributed by atoms with Gasteiger partial charge in [-0.2, -0.15) is 0 Å². The van der Waals surface area contributed by atoms with Crippen molar-refractivity contribution >= 4 is 23.7 Å². The molecule has 1 aromatic carbocycles. The van der Waals surface area contributed by atoms with Crippen molar-refractivity contribution in [2.75, 3.05) is 20.6 Å². The van der Waals surface area contributed by atoms with E-state index in [2.05, 4.69) is 10.6 Å². The molecule has 1 aromatic rings. The molecule has 212 valence electrons. The highest BCUT2D eigenvalue weighted by atomic mass is 16.4. The molecule has 3 N–H and O–H groups in total. The van der Waals surface area contributed by atoms with Crippen LogP contribution in [0.15, 0.2) is 30.3 Å². The van der Waals surface area contributed by atoms with Gasteiger partial charge in [-0.1, -0.05) is 78.8 Å². The van der Waals surface area contributed by atoms with Crippen LogP contribution >= 0.6 is 0 Å². The summed E-state index contributed by atoms with van der Waals surface area (Å²) in [5.41, 5.74) is -0.248. The molecular weight excluding hydrogens is 484 g/mol. The van der Waals surface area contributed by atoms with Crippen LogP contribution in [0, 0.1) is 11.3 Å². The van der Waals surface area contributed by atoms with E-state index in [0.717, 1.165) is 5.56 Å². The van der Waals surface area contributed by atoms with Gasteiger partial charge in [0, 0.05) is 19.0 Å². The smallest absolute Gasteiger partial charge is 0.326 e. The first-order chi connectivity index (χ1) is 17.5. The molecule has 1 aliphatic rings. The molecule has 0 spiro atoms. The van der Waals surface area contributed by atoms with Crippen molar-refractivity contribution in [2.45, 2.75) is 90.9 Å². The van der Waals surface area contributed by atoms with E-state index in [0.29, 0.717) is 19.4 Å². The minimum atomic E-state index is -1.04. The fourth-order valence-electron chi connectivity index (χ4n) is 5.42. The standard InChI is InChI=1S/C29H46N4O5/c1-18(2)21(25(35)33-17-13-16-20(33)27(37)38)32(9)26(36)23(28(3,4)5)31-24(34)22(30-8)29(6,7)19-14-11-10-12-15-19/h10-12,14-15,18,20-23,30H,13,16-17H2,1-9H3,(H,31,34)(H,37,38)/t20-,21-,22+,23?/m0/s1. The topological polar surface area (TPSA) is 119 Å². The highest BCUT2D eigenvalue weighted by molar-refractivity contribution is 5.95. The van der Waals surface area contributed by atoms with Gasteiger partial charge in [0.05, 0.1) is 6.04 Å². The molecule has 0 aliphatic carbocycles. The number of carbonyl (C=O) groups is 4. The SMILES string of the molecule is CN[C@H](C(=O)NC(C(=O)N(C)[C@H](C(=O)N1CCC[C@H]1C(=O)O)C(C)C)C(C)(C)C)C(C)(C)c1ccccc1. The second-order valence-electron chi connectivity index (χ2n) is 12.3. The van der Waals surface area contributed by atoms with E-state index in [-0.39, 0.29) is 17.7 Å². The molecule has 0 aromatic heterocycles. The van der Waals surface area contributed by atoms with Crippen molar-refractivity contribution in [3.05, 3.63) is 35.9 Å². The van der Waals surface area contributed by atoms with E-state index in [1.54, 1.807) is 14.1 Å². The quantitative estimate of drug-likeness (QED) is 0.428. The van der Waals surface area contributed by atoms with E-state index in [9.17, 15) is 24.3 Å². The second-order valence-corrected chi connectivity index (χ2v) is 12.3. The number of likely N-dealkylation sites (tertiary alicyclic amines) is 1. The Morgan fingerprint density at radius 3 is 2.08 bits per heavy atom. The number of carboxylic acid groups (broad SMARTS) is 1. The summed E-state index contributed by atoms with van der Waals surface area (Å²) in [5.74, 6) is -2.38. The number of likely N-dealkylation sites (N-methyl/N-ethyl adjacent to an activating group) is 2. The minimum absolute atomic E-state index is 0.259. The van der Waals surface area contributed by atoms with Crippen molar-refractivity contribution in [3.63, 3.8) is 0 Å². The summed E-state index contributed by atoms with van der Waals surface area (Å²) in [6.07, 6.45) is 1.00. The van der Waals surface area contributed by atoms with Gasteiger partial charge < -0.3 is 25.5 Å². The molecule has 2 rings (SSSR count). The summed E-state index contributed by atoms with van der Waals surface area (Å²) in [7, 11) is 3.28. The molecule has 1 aliphatic heterocycles. The number of hydrogen-bond donors (Lipinski definition) is 3. The molecule has 0 bridgehead atoms. The molecular formula is C29H46N4O5. The van der Waals surface area contributed by atoms with E-state index >= 15 is 0 Å². The average Bonchev–Trinajstić information content (AvgIpc) is 3.32. The van der Waals surface area contributed by atoms with Gasteiger partial charge in [-0.3, -0.25) is 14.4 Å². The van der Waals surface area contributed by atoms with Crippen LogP contribution in [0.5, 0.6) is 0 Å². The third kappa shape index (κ3) is 6.73. The molecule has 1 fully saturated rings. The molecule has 3 amide bonds. The van der Waals surface area contributed by atoms with Gasteiger partial charge in [-0.15, -0.1) is 0 Å². The Bertz CT molecular complexity index is 1000. The summed E-state index contributed by atoms with van der Waals surface area (Å²) in [4.78, 5) is 55.6. The molecule has 9 heteroatoms. The van der Waals surface area contributed by atoms with Crippen LogP contribution in [0.25, 0.3) is 0 Å². The lowest BCUT2D eigenvalue weighted by molar-refractivity contribution is -0.154. The molecule has 0 radical (unpaired) electrons. The number of carbonyl (C=O) groups excluding carboxylic acids is 3. The summed E-state index contributed by atoms with van der Waals surface area (Å²) in [6.45, 7) is 13.6. The molecule has 9 nitrogen and oxygen atoms in total. The van der Waals surface area contributed by atoms with Crippen molar-refractivity contribution in [2.24, 2.45) is 11.3 Å². The number of amides is 3. The summed E-state index contributed by atoms with van der Waals surface area (Å²) in [5, 5.41) is 15.7. The van der Waals surface area contributed by atoms with Crippen LogP contribution in [0.4, 0.5) is 0 Å². The van der Waals surface area contributed by atoms with Gasteiger partial charge in [0.2, 0.25) is 17.7 Å². The van der Waals surface area contributed by atoms with Gasteiger partial charge in [-0.25, -0.2) is 4.79 Å². The highest BCUT2D eigenvalue weighted by Crippen LogP contribution is 2.29. The normalized spacial score (nSPS) is 18.6. The maximum atomic E-state index is 13.9. The first-order valence-electron chi connectivity index (χ1n) is 13.4. The van der Waals surface area contributed by atoms with E-state index in [1.165, 1.54) is 9.80 Å². The lowest BCUT2D eigenvalue weighted by atomic mass is 9.76. The molecule has 1 unspecified atom stereocenters. The summed E-state index contributed by atoms with van der Waals surface area (Å²) in [6, 6.07) is 6.44. The minimum Gasteiger partial charge on any atom is -0.480 e. The van der Waals surface area contributed by atoms with Crippen LogP contribution in [-0.2, 0) is 24.6 Å². The number of carboxylic acids is 1. The fraction of sp³-hybridized carbons (Fsp3) is 0.655. The monoisotopic (exact) mass is 530 g/mol. The Labute approximate surface area is 227 Å². The number of rotatable bonds is 10. The molecule has 4 atom stereocenters. The number of nitrogens with zero attached hydrogens (tertiary/aromatic N) is 2. The van der Waals surface area contributed by atoms with Gasteiger partial charge >= 0.3 is 5.97 Å². The van der Waals surface area contributed by atoms with Crippen LogP contribution < -0.4 is 10.6 Å². The Balaban J connectivity index is 2.34. The van der Waals surface area contributed by atoms with Crippen LogP contribution in [0.3, 0.4) is 0 Å². The van der Waals surface area contributed by atoms with Gasteiger partial charge in [0.15, 0.2) is 0 Å². The van der Waals surface area contributed by atoms with E-state index in [4.69, 9.17) is 0 Å². The molecule has 0 saturated carbocycles. The zero-order valence-corrected chi connectivity index (χ0v) is 24.4. The Kier molecular flexibility index (Phi) is 10.1. The third-order valence-corrected chi connectivity index (χ3v) is 7.66. The van der Waals surface area contributed by atoms with E-state index in [1.807, 2.05) is 78.8 Å². The number of aliphatic carboxylic acids is 1. The lowest BCUT2D eigenvalue weighted by Crippen LogP contribution is -2.63. The van der Waals surface area contributed by atoms with E-state index < -0.39 is 46.9 Å². The maximum Gasteiger partial charge on any atom is 0.326 e. The van der Waals surface area contributed by atoms with Gasteiger partial charge in [0.1, 0.15) is 18.1 Å². The van der Waals surface area contributed by atoms with Gasteiger partial charge in [0.25, 0.3) is 0 Å². The van der Waals surface area contributed by atoms with Gasteiger partial charge in [-0.05, 0) is 36.8 Å². The fourth-order valence-corrected chi connectivity index (χ4v) is 5.42. The summed E-state index contributed by atoms with van der Waals surface area (Å²) < 4.78 is 0. The highest BCUT2D eigenvalue weighted by Gasteiger charge is 2.45. The number of benzene rings is 1. The zero-order chi connectivity index (χ0) is 29.0. The lowest BCUT2D eigenvalue weighted by Gasteiger charge is -2.40. The molecule has 1 saturated heterocycles.